The highest BCUT2D eigenvalue weighted by Gasteiger charge is 2.34. The van der Waals surface area contributed by atoms with Gasteiger partial charge in [-0.15, -0.1) is 0 Å². The average molecular weight is 794 g/mol. The number of nitrogens with one attached hydrogen (secondary N) is 2. The van der Waals surface area contributed by atoms with E-state index in [1.54, 1.807) is 22.5 Å². The molecule has 1 atom stereocenters. The summed E-state index contributed by atoms with van der Waals surface area (Å²) in [6, 6.07) is 10.4. The third-order valence-corrected chi connectivity index (χ3v) is 11.5. The van der Waals surface area contributed by atoms with Crippen LogP contribution >= 0.6 is 0 Å². The number of amides is 3. The number of aromatic nitrogens is 5. The third-order valence-electron chi connectivity index (χ3n) is 11.5. The second kappa shape index (κ2) is 15.0. The van der Waals surface area contributed by atoms with E-state index in [0.29, 0.717) is 22.3 Å². The lowest BCUT2D eigenvalue weighted by molar-refractivity contribution is -0.141. The number of benzene rings is 2. The summed E-state index contributed by atoms with van der Waals surface area (Å²) < 4.78 is 72.5. The Labute approximate surface area is 322 Å². The molecule has 3 fully saturated rings. The number of nitrogens with zero attached hydrogens (tertiary/aromatic N) is 7. The van der Waals surface area contributed by atoms with Crippen molar-refractivity contribution >= 4 is 51.0 Å². The number of hydrogen-bond acceptors (Lipinski definition) is 8. The lowest BCUT2D eigenvalue weighted by atomic mass is 9.85. The predicted molar refractivity (Wildman–Crippen MR) is 200 cm³/mol. The fourth-order valence-corrected chi connectivity index (χ4v) is 8.52. The maximum Gasteiger partial charge on any atom is 0.433 e. The Morgan fingerprint density at radius 1 is 0.965 bits per heavy atom. The number of rotatable bonds is 8. The van der Waals surface area contributed by atoms with Gasteiger partial charge >= 0.3 is 11.9 Å². The molecule has 1 unspecified atom stereocenters. The van der Waals surface area contributed by atoms with E-state index in [2.05, 4.69) is 30.5 Å². The normalized spacial score (nSPS) is 21.1. The number of imide groups is 1. The van der Waals surface area contributed by atoms with Crippen molar-refractivity contribution in [3.8, 4) is 0 Å². The average Bonchev–Trinajstić information content (AvgIpc) is 3.72. The molecule has 18 heteroatoms. The van der Waals surface area contributed by atoms with Gasteiger partial charge < -0.3 is 10.2 Å². The Balaban J connectivity index is 0.887. The minimum Gasteiger partial charge on any atom is -0.367 e. The molecule has 1 saturated carbocycles. The molecule has 5 heterocycles. The zero-order valence-corrected chi connectivity index (χ0v) is 30.9. The van der Waals surface area contributed by atoms with Crippen molar-refractivity contribution in [2.45, 2.75) is 63.2 Å². The minimum atomic E-state index is -4.77. The highest BCUT2D eigenvalue weighted by atomic mass is 19.4. The van der Waals surface area contributed by atoms with Crippen LogP contribution in [0.4, 0.5) is 33.3 Å². The quantitative estimate of drug-likeness (QED) is 0.148. The number of carbonyl (C=O) groups is 3. The molecule has 300 valence electrons. The molecule has 2 aromatic carbocycles. The van der Waals surface area contributed by atoms with Crippen LogP contribution in [0.15, 0.2) is 59.5 Å². The van der Waals surface area contributed by atoms with Gasteiger partial charge in [-0.05, 0) is 74.4 Å². The molecule has 0 spiro atoms. The van der Waals surface area contributed by atoms with Crippen LogP contribution in [-0.4, -0.2) is 79.2 Å². The van der Waals surface area contributed by atoms with E-state index in [-0.39, 0.29) is 36.2 Å². The first kappa shape index (κ1) is 38.2. The van der Waals surface area contributed by atoms with Gasteiger partial charge in [0.2, 0.25) is 11.8 Å². The number of aryl methyl sites for hydroxylation is 1. The van der Waals surface area contributed by atoms with Gasteiger partial charge in [0.05, 0.1) is 34.0 Å². The Kier molecular flexibility index (Phi) is 10.1. The Hall–Kier alpha value is -5.65. The first-order valence-corrected chi connectivity index (χ1v) is 18.9. The van der Waals surface area contributed by atoms with Gasteiger partial charge in [-0.25, -0.2) is 18.6 Å². The number of anilines is 2. The molecule has 57 heavy (non-hydrogen) atoms. The Morgan fingerprint density at radius 2 is 1.70 bits per heavy atom. The maximum absolute atomic E-state index is 14.1. The number of alkyl halides is 5. The SMILES string of the molecule is Cn1c(=O)n(C2CCC(=O)NC2=O)c2cccc(N3CCN(CC4CCC(n5cc6cc(NC(=O)c7cccc(C(F)(F)F)n7)c(C(F)F)cc6n5)CC4)CC3)c21. The van der Waals surface area contributed by atoms with Gasteiger partial charge in [0.15, 0.2) is 0 Å². The molecule has 2 aliphatic heterocycles. The fraction of sp³-hybridized carbons (Fsp3) is 0.436. The van der Waals surface area contributed by atoms with E-state index in [1.165, 1.54) is 16.7 Å². The topological polar surface area (TPSA) is 139 Å². The molecule has 2 N–H and O–H groups in total. The van der Waals surface area contributed by atoms with Crippen molar-refractivity contribution in [2.75, 3.05) is 42.9 Å². The fourth-order valence-electron chi connectivity index (χ4n) is 8.52. The number of piperazine rings is 1. The van der Waals surface area contributed by atoms with E-state index >= 15 is 0 Å². The highest BCUT2D eigenvalue weighted by molar-refractivity contribution is 6.04. The molecule has 13 nitrogen and oxygen atoms in total. The summed E-state index contributed by atoms with van der Waals surface area (Å²) in [5.41, 5.74) is -0.178. The molecule has 3 aromatic heterocycles. The molecular formula is C39H40F5N9O4. The van der Waals surface area contributed by atoms with Crippen LogP contribution in [0, 0.1) is 5.92 Å². The summed E-state index contributed by atoms with van der Waals surface area (Å²) in [7, 11) is 1.71. The van der Waals surface area contributed by atoms with E-state index in [0.717, 1.165) is 87.8 Å². The van der Waals surface area contributed by atoms with Crippen LogP contribution in [0.1, 0.15) is 78.8 Å². The van der Waals surface area contributed by atoms with Crippen molar-refractivity contribution in [1.82, 2.24) is 34.1 Å². The van der Waals surface area contributed by atoms with Crippen LogP contribution in [-0.2, 0) is 22.8 Å². The number of piperidine rings is 1. The standard InChI is InChI=1S/C39H40F5N9O4/c1-49-34-29(5-3-6-30(34)53(38(49)57)31-12-13-33(54)47-37(31)56)51-16-14-50(15-17-51)20-22-8-10-24(11-9-22)52-21-23-18-28(25(35(40)41)19-27(23)48-52)46-36(55)26-4-2-7-32(45-26)39(42,43)44/h2-7,18-19,21-22,24,31,35H,8-17,20H2,1H3,(H,46,55)(H,47,54,56). The first-order valence-electron chi connectivity index (χ1n) is 18.9. The number of para-hydroxylation sites is 1. The lowest BCUT2D eigenvalue weighted by Crippen LogP contribution is -2.48. The number of imidazole rings is 1. The van der Waals surface area contributed by atoms with E-state index < -0.39 is 47.4 Å². The predicted octanol–water partition coefficient (Wildman–Crippen LogP) is 5.82. The van der Waals surface area contributed by atoms with Gasteiger partial charge in [0, 0.05) is 63.3 Å². The van der Waals surface area contributed by atoms with E-state index in [1.807, 2.05) is 18.2 Å². The zero-order chi connectivity index (χ0) is 40.2. The van der Waals surface area contributed by atoms with Crippen molar-refractivity contribution in [3.05, 3.63) is 82.2 Å². The molecular weight excluding hydrogens is 753 g/mol. The summed E-state index contributed by atoms with van der Waals surface area (Å²) in [5, 5.41) is 9.79. The summed E-state index contributed by atoms with van der Waals surface area (Å²) in [6.45, 7) is 4.10. The molecule has 1 aliphatic carbocycles. The molecule has 3 amide bonds. The first-order chi connectivity index (χ1) is 27.2. The Bertz CT molecular complexity index is 2420. The van der Waals surface area contributed by atoms with Crippen molar-refractivity contribution in [1.29, 1.82) is 0 Å². The molecule has 3 aliphatic rings. The highest BCUT2D eigenvalue weighted by Crippen LogP contribution is 2.37. The number of fused-ring (bicyclic) bond motifs is 2. The van der Waals surface area contributed by atoms with Crippen LogP contribution in [0.25, 0.3) is 21.9 Å². The molecule has 5 aromatic rings. The van der Waals surface area contributed by atoms with Gasteiger partial charge in [-0.1, -0.05) is 12.1 Å². The summed E-state index contributed by atoms with van der Waals surface area (Å²) in [4.78, 5) is 58.7. The molecule has 2 saturated heterocycles. The minimum absolute atomic E-state index is 0.0486. The van der Waals surface area contributed by atoms with Crippen LogP contribution in [0.5, 0.6) is 0 Å². The summed E-state index contributed by atoms with van der Waals surface area (Å²) >= 11 is 0. The number of carbonyl (C=O) groups excluding carboxylic acids is 3. The zero-order valence-electron chi connectivity index (χ0n) is 30.9. The van der Waals surface area contributed by atoms with Crippen molar-refractivity contribution in [2.24, 2.45) is 13.0 Å². The second-order valence-corrected chi connectivity index (χ2v) is 15.1. The largest absolute Gasteiger partial charge is 0.433 e. The second-order valence-electron chi connectivity index (χ2n) is 15.1. The van der Waals surface area contributed by atoms with E-state index in [9.17, 15) is 41.1 Å². The van der Waals surface area contributed by atoms with Crippen LogP contribution < -0.4 is 21.2 Å². The van der Waals surface area contributed by atoms with Gasteiger partial charge in [0.25, 0.3) is 12.3 Å². The lowest BCUT2D eigenvalue weighted by Gasteiger charge is -2.39. The van der Waals surface area contributed by atoms with Gasteiger partial charge in [-0.3, -0.25) is 38.4 Å². The smallest absolute Gasteiger partial charge is 0.367 e. The third kappa shape index (κ3) is 7.49. The molecule has 0 radical (unpaired) electrons. The number of pyridine rings is 1. The summed E-state index contributed by atoms with van der Waals surface area (Å²) in [5.74, 6) is -1.38. The van der Waals surface area contributed by atoms with Crippen LogP contribution in [0.2, 0.25) is 0 Å². The monoisotopic (exact) mass is 793 g/mol. The number of hydrogen-bond donors (Lipinski definition) is 2. The van der Waals surface area contributed by atoms with Crippen LogP contribution in [0.3, 0.4) is 0 Å². The van der Waals surface area contributed by atoms with Crippen molar-refractivity contribution in [3.63, 3.8) is 0 Å². The van der Waals surface area contributed by atoms with Crippen molar-refractivity contribution < 1.29 is 36.3 Å². The van der Waals surface area contributed by atoms with Gasteiger partial charge in [0.1, 0.15) is 17.4 Å². The van der Waals surface area contributed by atoms with E-state index in [4.69, 9.17) is 0 Å². The Morgan fingerprint density at radius 3 is 2.40 bits per heavy atom. The number of halogens is 5. The maximum atomic E-state index is 14.1. The molecule has 0 bridgehead atoms. The van der Waals surface area contributed by atoms with Gasteiger partial charge in [-0.2, -0.15) is 18.3 Å². The molecule has 8 rings (SSSR count). The summed E-state index contributed by atoms with van der Waals surface area (Å²) in [6.07, 6.45) is -1.98.